The van der Waals surface area contributed by atoms with Crippen molar-refractivity contribution in [3.63, 3.8) is 0 Å². The minimum absolute atomic E-state index is 0.227. The van der Waals surface area contributed by atoms with Gasteiger partial charge in [0.2, 0.25) is 0 Å². The molecule has 0 radical (unpaired) electrons. The largest absolute Gasteiger partial charge is 0.379 e. The average molecular weight is 278 g/mol. The van der Waals surface area contributed by atoms with Crippen LogP contribution in [0.2, 0.25) is 0 Å². The van der Waals surface area contributed by atoms with E-state index < -0.39 is 6.29 Å². The molecule has 0 saturated heterocycles. The van der Waals surface area contributed by atoms with Crippen molar-refractivity contribution in [2.75, 3.05) is 46.2 Å². The molecule has 19 heavy (non-hydrogen) atoms. The standard InChI is InChI=1S/C14H30O5/c1-3-5-6-7-8-18-13-14(15)19-12-11-17-10-9-16-4-2/h14-15H,3-13H2,1-2H3. The third kappa shape index (κ3) is 15.7. The van der Waals surface area contributed by atoms with E-state index >= 15 is 0 Å². The molecule has 1 unspecified atom stereocenters. The van der Waals surface area contributed by atoms with Gasteiger partial charge in [-0.15, -0.1) is 0 Å². The number of hydrogen-bond donors (Lipinski definition) is 1. The first-order chi connectivity index (χ1) is 9.31. The van der Waals surface area contributed by atoms with Gasteiger partial charge in [-0.2, -0.15) is 0 Å². The highest BCUT2D eigenvalue weighted by Crippen LogP contribution is 1.99. The first kappa shape index (κ1) is 18.8. The lowest BCUT2D eigenvalue weighted by Crippen LogP contribution is -2.22. The molecule has 5 heteroatoms. The molecule has 0 aromatic rings. The maximum Gasteiger partial charge on any atom is 0.178 e. The fourth-order valence-electron chi connectivity index (χ4n) is 1.47. The molecule has 1 atom stereocenters. The molecule has 1 N–H and O–H groups in total. The Labute approximate surface area is 117 Å². The quantitative estimate of drug-likeness (QED) is 0.366. The highest BCUT2D eigenvalue weighted by molar-refractivity contribution is 4.42. The lowest BCUT2D eigenvalue weighted by atomic mass is 10.2. The first-order valence-corrected chi connectivity index (χ1v) is 7.34. The van der Waals surface area contributed by atoms with Crippen molar-refractivity contribution in [1.29, 1.82) is 0 Å². The summed E-state index contributed by atoms with van der Waals surface area (Å²) in [4.78, 5) is 0. The third-order valence-corrected chi connectivity index (χ3v) is 2.52. The van der Waals surface area contributed by atoms with E-state index in [-0.39, 0.29) is 6.61 Å². The summed E-state index contributed by atoms with van der Waals surface area (Å²) < 4.78 is 20.8. The fraction of sp³-hybridized carbons (Fsp3) is 1.00. The van der Waals surface area contributed by atoms with Crippen LogP contribution in [-0.4, -0.2) is 57.6 Å². The molecule has 0 aromatic carbocycles. The van der Waals surface area contributed by atoms with E-state index in [2.05, 4.69) is 6.92 Å². The predicted molar refractivity (Wildman–Crippen MR) is 74.2 cm³/mol. The first-order valence-electron chi connectivity index (χ1n) is 7.34. The second-order valence-corrected chi connectivity index (χ2v) is 4.27. The molecule has 116 valence electrons. The summed E-state index contributed by atoms with van der Waals surface area (Å²) >= 11 is 0. The summed E-state index contributed by atoms with van der Waals surface area (Å²) in [5.41, 5.74) is 0. The lowest BCUT2D eigenvalue weighted by Gasteiger charge is -2.12. The van der Waals surface area contributed by atoms with Crippen LogP contribution in [0.15, 0.2) is 0 Å². The summed E-state index contributed by atoms with van der Waals surface area (Å²) in [6, 6.07) is 0. The van der Waals surface area contributed by atoms with Gasteiger partial charge in [0.1, 0.15) is 0 Å². The lowest BCUT2D eigenvalue weighted by molar-refractivity contribution is -0.146. The fourth-order valence-corrected chi connectivity index (χ4v) is 1.47. The molecule has 0 rings (SSSR count). The molecule has 5 nitrogen and oxygen atoms in total. The van der Waals surface area contributed by atoms with Crippen molar-refractivity contribution in [1.82, 2.24) is 0 Å². The molecule has 0 bridgehead atoms. The Balaban J connectivity index is 3.10. The number of unbranched alkanes of at least 4 members (excludes halogenated alkanes) is 3. The number of rotatable bonds is 15. The van der Waals surface area contributed by atoms with Crippen LogP contribution in [0.3, 0.4) is 0 Å². The van der Waals surface area contributed by atoms with Gasteiger partial charge in [-0.1, -0.05) is 26.2 Å². The van der Waals surface area contributed by atoms with Gasteiger partial charge in [0, 0.05) is 13.2 Å². The van der Waals surface area contributed by atoms with Crippen molar-refractivity contribution in [2.45, 2.75) is 45.8 Å². The van der Waals surface area contributed by atoms with E-state index in [1.54, 1.807) is 0 Å². The maximum atomic E-state index is 9.47. The van der Waals surface area contributed by atoms with Crippen molar-refractivity contribution in [2.24, 2.45) is 0 Å². The van der Waals surface area contributed by atoms with Gasteiger partial charge in [0.15, 0.2) is 6.29 Å². The van der Waals surface area contributed by atoms with Crippen LogP contribution in [0.1, 0.15) is 39.5 Å². The molecule has 0 aliphatic carbocycles. The SMILES string of the molecule is CCCCCCOCC(O)OCCOCCOCC. The highest BCUT2D eigenvalue weighted by atomic mass is 16.6. The molecule has 0 saturated carbocycles. The molecule has 0 aliphatic rings. The van der Waals surface area contributed by atoms with Crippen LogP contribution < -0.4 is 0 Å². The summed E-state index contributed by atoms with van der Waals surface area (Å²) in [5, 5.41) is 9.47. The van der Waals surface area contributed by atoms with Crippen molar-refractivity contribution < 1.29 is 24.1 Å². The number of hydrogen-bond acceptors (Lipinski definition) is 5. The summed E-state index contributed by atoms with van der Waals surface area (Å²) in [6.45, 7) is 7.72. The Morgan fingerprint density at radius 3 is 2.26 bits per heavy atom. The average Bonchev–Trinajstić information content (AvgIpc) is 2.41. The zero-order chi connectivity index (χ0) is 14.2. The minimum Gasteiger partial charge on any atom is -0.379 e. The zero-order valence-electron chi connectivity index (χ0n) is 12.4. The van der Waals surface area contributed by atoms with Gasteiger partial charge in [0.05, 0.1) is 33.0 Å². The van der Waals surface area contributed by atoms with Crippen LogP contribution in [-0.2, 0) is 18.9 Å². The molecule has 0 aromatic heterocycles. The molecule has 0 fully saturated rings. The monoisotopic (exact) mass is 278 g/mol. The second kappa shape index (κ2) is 15.9. The van der Waals surface area contributed by atoms with E-state index in [1.807, 2.05) is 6.92 Å². The third-order valence-electron chi connectivity index (χ3n) is 2.52. The maximum absolute atomic E-state index is 9.47. The van der Waals surface area contributed by atoms with Crippen LogP contribution in [0, 0.1) is 0 Å². The van der Waals surface area contributed by atoms with Crippen LogP contribution >= 0.6 is 0 Å². The Bertz CT molecular complexity index is 166. The Morgan fingerprint density at radius 2 is 1.53 bits per heavy atom. The van der Waals surface area contributed by atoms with Crippen LogP contribution in [0.25, 0.3) is 0 Å². The van der Waals surface area contributed by atoms with E-state index in [0.29, 0.717) is 39.6 Å². The van der Waals surface area contributed by atoms with Crippen molar-refractivity contribution in [3.8, 4) is 0 Å². The summed E-state index contributed by atoms with van der Waals surface area (Å²) in [6.07, 6.45) is 3.82. The van der Waals surface area contributed by atoms with Gasteiger partial charge in [0.25, 0.3) is 0 Å². The molecule has 0 heterocycles. The van der Waals surface area contributed by atoms with E-state index in [1.165, 1.54) is 19.3 Å². The number of aliphatic hydroxyl groups is 1. The van der Waals surface area contributed by atoms with E-state index in [9.17, 15) is 5.11 Å². The molecular formula is C14H30O5. The van der Waals surface area contributed by atoms with Crippen LogP contribution in [0.5, 0.6) is 0 Å². The van der Waals surface area contributed by atoms with Gasteiger partial charge < -0.3 is 24.1 Å². The predicted octanol–water partition coefficient (Wildman–Crippen LogP) is 1.97. The van der Waals surface area contributed by atoms with Crippen molar-refractivity contribution in [3.05, 3.63) is 0 Å². The van der Waals surface area contributed by atoms with Crippen molar-refractivity contribution >= 4 is 0 Å². The Hall–Kier alpha value is -0.200. The Morgan fingerprint density at radius 1 is 0.789 bits per heavy atom. The molecule has 0 amide bonds. The van der Waals surface area contributed by atoms with Gasteiger partial charge in [-0.25, -0.2) is 0 Å². The van der Waals surface area contributed by atoms with Gasteiger partial charge >= 0.3 is 0 Å². The second-order valence-electron chi connectivity index (χ2n) is 4.27. The number of aliphatic hydroxyl groups excluding tert-OH is 1. The smallest absolute Gasteiger partial charge is 0.178 e. The number of ether oxygens (including phenoxy) is 4. The molecule has 0 aliphatic heterocycles. The van der Waals surface area contributed by atoms with Gasteiger partial charge in [-0.05, 0) is 13.3 Å². The Kier molecular flexibility index (Phi) is 15.7. The normalized spacial score (nSPS) is 12.8. The van der Waals surface area contributed by atoms with E-state index in [0.717, 1.165) is 6.42 Å². The minimum atomic E-state index is -0.860. The zero-order valence-corrected chi connectivity index (χ0v) is 12.4. The van der Waals surface area contributed by atoms with E-state index in [4.69, 9.17) is 18.9 Å². The van der Waals surface area contributed by atoms with Crippen LogP contribution in [0.4, 0.5) is 0 Å². The highest BCUT2D eigenvalue weighted by Gasteiger charge is 2.03. The van der Waals surface area contributed by atoms with Gasteiger partial charge in [-0.3, -0.25) is 0 Å². The molecule has 0 spiro atoms. The summed E-state index contributed by atoms with van der Waals surface area (Å²) in [5.74, 6) is 0. The molecular weight excluding hydrogens is 248 g/mol. The topological polar surface area (TPSA) is 57.2 Å². The summed E-state index contributed by atoms with van der Waals surface area (Å²) in [7, 11) is 0.